The van der Waals surface area contributed by atoms with Crippen LogP contribution < -0.4 is 0 Å². The van der Waals surface area contributed by atoms with E-state index in [-0.39, 0.29) is 19.5 Å². The molecule has 0 amide bonds. The number of hydrogen-bond donors (Lipinski definition) is 0. The van der Waals surface area contributed by atoms with E-state index in [0.717, 1.165) is 23.7 Å². The molecule has 2 saturated carbocycles. The maximum Gasteiger partial charge on any atom is 2.00 e. The van der Waals surface area contributed by atoms with E-state index in [0.29, 0.717) is 0 Å². The van der Waals surface area contributed by atoms with Crippen LogP contribution in [0.4, 0.5) is 0 Å². The Balaban J connectivity index is 0.000000245. The van der Waals surface area contributed by atoms with Crippen LogP contribution >= 0.6 is 0 Å². The van der Waals surface area contributed by atoms with Gasteiger partial charge in [0.25, 0.3) is 0 Å². The number of rotatable bonds is 0. The molecule has 15 heavy (non-hydrogen) atoms. The van der Waals surface area contributed by atoms with Crippen LogP contribution in [0.5, 0.6) is 0 Å². The molecule has 0 radical (unpaired) electrons. The van der Waals surface area contributed by atoms with Crippen molar-refractivity contribution < 1.29 is 19.5 Å². The van der Waals surface area contributed by atoms with E-state index in [1.54, 1.807) is 0 Å². The zero-order chi connectivity index (χ0) is 10.6. The van der Waals surface area contributed by atoms with Gasteiger partial charge in [-0.05, 0) is 0 Å². The molecule has 0 aromatic heterocycles. The van der Waals surface area contributed by atoms with Crippen LogP contribution in [-0.2, 0) is 19.5 Å². The van der Waals surface area contributed by atoms with Crippen LogP contribution in [0.2, 0.25) is 0 Å². The number of hydrogen-bond acceptors (Lipinski definition) is 0. The minimum atomic E-state index is 0. The Hall–Kier alpha value is 0.623. The second-order valence-corrected chi connectivity index (χ2v) is 5.45. The first-order valence-corrected chi connectivity index (χ1v) is 6.28. The summed E-state index contributed by atoms with van der Waals surface area (Å²) in [7, 11) is 0. The summed E-state index contributed by atoms with van der Waals surface area (Å²) in [5.41, 5.74) is 0. The van der Waals surface area contributed by atoms with Crippen LogP contribution in [0, 0.1) is 36.5 Å². The molecule has 0 N–H and O–H groups in total. The van der Waals surface area contributed by atoms with Gasteiger partial charge in [0.05, 0.1) is 0 Å². The van der Waals surface area contributed by atoms with Crippen LogP contribution in [0.25, 0.3) is 0 Å². The van der Waals surface area contributed by atoms with Crippen molar-refractivity contribution in [2.75, 3.05) is 0 Å². The average molecular weight is 260 g/mol. The molecule has 4 atom stereocenters. The molecule has 4 unspecified atom stereocenters. The van der Waals surface area contributed by atoms with Crippen molar-refractivity contribution in [3.8, 4) is 0 Å². The van der Waals surface area contributed by atoms with Gasteiger partial charge in [-0.2, -0.15) is 23.7 Å². The van der Waals surface area contributed by atoms with Gasteiger partial charge in [-0.3, -0.25) is 0 Å². The normalized spacial score (nSPS) is 39.2. The van der Waals surface area contributed by atoms with E-state index in [2.05, 4.69) is 40.5 Å². The second kappa shape index (κ2) is 7.83. The molecule has 2 fully saturated rings. The minimum Gasteiger partial charge on any atom is -0.323 e. The van der Waals surface area contributed by atoms with E-state index in [4.69, 9.17) is 0 Å². The molecule has 0 aliphatic heterocycles. The van der Waals surface area contributed by atoms with Crippen molar-refractivity contribution in [1.82, 2.24) is 0 Å². The molecule has 2 aliphatic rings. The molecular weight excluding hydrogens is 234 g/mol. The fraction of sp³-hybridized carbons (Fsp3) is 0.857. The summed E-state index contributed by atoms with van der Waals surface area (Å²) in [5.74, 6) is 3.59. The first-order chi connectivity index (χ1) is 6.58. The van der Waals surface area contributed by atoms with E-state index < -0.39 is 0 Å². The largest absolute Gasteiger partial charge is 2.00 e. The molecule has 0 saturated heterocycles. The van der Waals surface area contributed by atoms with E-state index in [9.17, 15) is 0 Å². The van der Waals surface area contributed by atoms with Gasteiger partial charge < -0.3 is 12.8 Å². The maximum atomic E-state index is 2.44. The van der Waals surface area contributed by atoms with Gasteiger partial charge in [0.1, 0.15) is 0 Å². The Labute approximate surface area is 109 Å². The van der Waals surface area contributed by atoms with Gasteiger partial charge in [0.2, 0.25) is 0 Å². The monoisotopic (exact) mass is 258 g/mol. The molecule has 0 spiro atoms. The van der Waals surface area contributed by atoms with Crippen molar-refractivity contribution in [1.29, 1.82) is 0 Å². The zero-order valence-corrected chi connectivity index (χ0v) is 14.0. The average Bonchev–Trinajstić information content (AvgIpc) is 2.63. The Morgan fingerprint density at radius 1 is 0.600 bits per heavy atom. The summed E-state index contributed by atoms with van der Waals surface area (Å²) in [5, 5.41) is 0. The Morgan fingerprint density at radius 3 is 0.867 bits per heavy atom. The SMILES string of the molecule is CC1[CH-]C(C)CC1.CC1[CH-]C(C)CC1.[Zn+2]. The zero-order valence-electron chi connectivity index (χ0n) is 11.0. The Morgan fingerprint density at radius 2 is 0.800 bits per heavy atom. The van der Waals surface area contributed by atoms with Gasteiger partial charge in [-0.1, -0.05) is 53.4 Å². The summed E-state index contributed by atoms with van der Waals surface area (Å²) in [6.45, 7) is 9.18. The van der Waals surface area contributed by atoms with Gasteiger partial charge in [0.15, 0.2) is 0 Å². The first-order valence-electron chi connectivity index (χ1n) is 6.28. The van der Waals surface area contributed by atoms with E-state index in [1.165, 1.54) is 25.7 Å². The summed E-state index contributed by atoms with van der Waals surface area (Å²) < 4.78 is 0. The van der Waals surface area contributed by atoms with Crippen molar-refractivity contribution in [2.24, 2.45) is 23.7 Å². The van der Waals surface area contributed by atoms with Crippen LogP contribution in [0.3, 0.4) is 0 Å². The third-order valence-corrected chi connectivity index (χ3v) is 3.47. The minimum absolute atomic E-state index is 0. The Bertz CT molecular complexity index is 121. The fourth-order valence-corrected chi connectivity index (χ4v) is 2.56. The molecule has 1 heteroatoms. The molecule has 2 rings (SSSR count). The molecule has 2 aliphatic carbocycles. The quantitative estimate of drug-likeness (QED) is 0.444. The van der Waals surface area contributed by atoms with Crippen molar-refractivity contribution in [2.45, 2.75) is 53.4 Å². The van der Waals surface area contributed by atoms with Gasteiger partial charge in [0, 0.05) is 0 Å². The molecule has 0 nitrogen and oxygen atoms in total. The van der Waals surface area contributed by atoms with Crippen LogP contribution in [-0.4, -0.2) is 0 Å². The standard InChI is InChI=1S/2C7H13.Zn/c2*1-6-3-4-7(2)5-6;/h2*5-7H,3-4H2,1-2H3;/q2*-1;+2. The predicted octanol–water partition coefficient (Wildman–Crippen LogP) is 4.51. The summed E-state index contributed by atoms with van der Waals surface area (Å²) in [6.07, 6.45) is 10.6. The smallest absolute Gasteiger partial charge is 0.323 e. The summed E-state index contributed by atoms with van der Waals surface area (Å²) in [6, 6.07) is 0. The second-order valence-electron chi connectivity index (χ2n) is 5.45. The topological polar surface area (TPSA) is 0 Å². The summed E-state index contributed by atoms with van der Waals surface area (Å²) in [4.78, 5) is 0. The molecule has 84 valence electrons. The molecule has 0 heterocycles. The van der Waals surface area contributed by atoms with Crippen molar-refractivity contribution in [3.63, 3.8) is 0 Å². The van der Waals surface area contributed by atoms with E-state index >= 15 is 0 Å². The molecular formula is C14H26Zn. The predicted molar refractivity (Wildman–Crippen MR) is 63.7 cm³/mol. The molecule has 0 aromatic carbocycles. The van der Waals surface area contributed by atoms with Crippen molar-refractivity contribution in [3.05, 3.63) is 12.8 Å². The third-order valence-electron chi connectivity index (χ3n) is 3.47. The molecule has 0 bridgehead atoms. The summed E-state index contributed by atoms with van der Waals surface area (Å²) >= 11 is 0. The van der Waals surface area contributed by atoms with Gasteiger partial charge in [-0.15, -0.1) is 0 Å². The van der Waals surface area contributed by atoms with Gasteiger partial charge >= 0.3 is 19.5 Å². The Kier molecular flexibility index (Phi) is 8.15. The van der Waals surface area contributed by atoms with Crippen molar-refractivity contribution >= 4 is 0 Å². The van der Waals surface area contributed by atoms with Crippen LogP contribution in [0.15, 0.2) is 0 Å². The molecule has 0 aromatic rings. The third kappa shape index (κ3) is 6.72. The fourth-order valence-electron chi connectivity index (χ4n) is 2.56. The van der Waals surface area contributed by atoms with Crippen LogP contribution in [0.1, 0.15) is 53.4 Å². The first kappa shape index (κ1) is 15.6. The van der Waals surface area contributed by atoms with Gasteiger partial charge in [-0.25, -0.2) is 0 Å². The maximum absolute atomic E-state index is 2.44. The van der Waals surface area contributed by atoms with E-state index in [1.807, 2.05) is 0 Å².